The second-order valence-corrected chi connectivity index (χ2v) is 7.10. The molecule has 1 heterocycles. The Morgan fingerprint density at radius 1 is 1.00 bits per heavy atom. The summed E-state index contributed by atoms with van der Waals surface area (Å²) in [7, 11) is -5.82. The van der Waals surface area contributed by atoms with Crippen molar-refractivity contribution in [2.45, 2.75) is 16.6 Å². The molecular weight excluding hydrogens is 409 g/mol. The molecule has 24 heavy (non-hydrogen) atoms. The van der Waals surface area contributed by atoms with Gasteiger partial charge in [0.1, 0.15) is 4.90 Å². The van der Waals surface area contributed by atoms with Gasteiger partial charge in [-0.05, 0) is 12.1 Å². The van der Waals surface area contributed by atoms with Gasteiger partial charge >= 0.3 is 11.7 Å². The lowest BCUT2D eigenvalue weighted by Gasteiger charge is -2.13. The molecule has 0 unspecified atom stereocenters. The van der Waals surface area contributed by atoms with E-state index in [0.29, 0.717) is 18.3 Å². The first-order valence-electron chi connectivity index (χ1n) is 5.68. The minimum Gasteiger partial charge on any atom is -0.276 e. The highest BCUT2D eigenvalue weighted by Crippen LogP contribution is 2.43. The number of aromatic nitrogens is 2. The smallest absolute Gasteiger partial charge is 0.276 e. The van der Waals surface area contributed by atoms with Gasteiger partial charge in [-0.25, -0.2) is 8.42 Å². The third kappa shape index (κ3) is 3.20. The third-order valence-corrected chi connectivity index (χ3v) is 4.91. The molecule has 2 rings (SSSR count). The van der Waals surface area contributed by atoms with E-state index in [0.717, 1.165) is 0 Å². The molecule has 0 amide bonds. The summed E-state index contributed by atoms with van der Waals surface area (Å²) in [5, 5.41) is 3.76. The molecule has 0 aliphatic rings. The number of hydrogen-bond acceptors (Lipinski definition) is 3. The number of halogens is 8. The zero-order valence-electron chi connectivity index (χ0n) is 10.9. The Kier molecular flexibility index (Phi) is 4.57. The molecule has 0 radical (unpaired) electrons. The van der Waals surface area contributed by atoms with Crippen molar-refractivity contribution >= 4 is 33.0 Å². The highest BCUT2D eigenvalue weighted by molar-refractivity contribution is 7.92. The Morgan fingerprint density at radius 3 is 1.92 bits per heavy atom. The van der Waals surface area contributed by atoms with Crippen molar-refractivity contribution in [3.63, 3.8) is 0 Å². The lowest BCUT2D eigenvalue weighted by molar-refractivity contribution is -0.137. The Bertz CT molecular complexity index is 866. The van der Waals surface area contributed by atoms with Gasteiger partial charge < -0.3 is 0 Å². The van der Waals surface area contributed by atoms with Crippen LogP contribution in [0.15, 0.2) is 23.2 Å². The van der Waals surface area contributed by atoms with E-state index in [1.165, 1.54) is 0 Å². The summed E-state index contributed by atoms with van der Waals surface area (Å²) < 4.78 is 99.0. The molecule has 13 heteroatoms. The van der Waals surface area contributed by atoms with Gasteiger partial charge in [-0.2, -0.15) is 31.4 Å². The fraction of sp³-hybridized carbons (Fsp3) is 0.182. The molecular formula is C11H4Cl2F6N2O2S. The van der Waals surface area contributed by atoms with Gasteiger partial charge in [-0.3, -0.25) is 5.10 Å². The van der Waals surface area contributed by atoms with Crippen LogP contribution < -0.4 is 0 Å². The normalized spacial score (nSPS) is 13.3. The summed E-state index contributed by atoms with van der Waals surface area (Å²) in [6.07, 6.45) is -4.44. The molecule has 0 aliphatic heterocycles. The molecule has 0 aliphatic carbocycles. The van der Waals surface area contributed by atoms with E-state index < -0.39 is 53.3 Å². The molecule has 4 nitrogen and oxygen atoms in total. The van der Waals surface area contributed by atoms with E-state index in [2.05, 4.69) is 5.10 Å². The summed E-state index contributed by atoms with van der Waals surface area (Å²) in [4.78, 5) is -1.31. The van der Waals surface area contributed by atoms with Crippen LogP contribution in [-0.2, 0) is 16.0 Å². The van der Waals surface area contributed by atoms with E-state index in [-0.39, 0.29) is 0 Å². The number of alkyl halides is 6. The van der Waals surface area contributed by atoms with Crippen LogP contribution >= 0.6 is 23.2 Å². The quantitative estimate of drug-likeness (QED) is 0.727. The van der Waals surface area contributed by atoms with Crippen molar-refractivity contribution in [3.8, 4) is 11.3 Å². The summed E-state index contributed by atoms with van der Waals surface area (Å²) >= 11 is 11.3. The summed E-state index contributed by atoms with van der Waals surface area (Å²) in [5.41, 5.74) is -8.21. The second-order valence-electron chi connectivity index (χ2n) is 4.37. The number of rotatable bonds is 2. The first-order chi connectivity index (χ1) is 10.8. The molecule has 0 saturated heterocycles. The maximum absolute atomic E-state index is 12.7. The van der Waals surface area contributed by atoms with Crippen LogP contribution in [0.25, 0.3) is 11.3 Å². The minimum atomic E-state index is -5.82. The van der Waals surface area contributed by atoms with Crippen LogP contribution in [-0.4, -0.2) is 24.1 Å². The fourth-order valence-corrected chi connectivity index (χ4v) is 3.29. The SMILES string of the molecule is O=S(=O)(c1cn[nH]c1-c1c(Cl)cc(C(F)(F)F)cc1Cl)C(F)(F)F. The second kappa shape index (κ2) is 5.81. The number of nitrogens with one attached hydrogen (secondary N) is 1. The highest BCUT2D eigenvalue weighted by Gasteiger charge is 2.49. The fourth-order valence-electron chi connectivity index (χ4n) is 1.76. The first-order valence-corrected chi connectivity index (χ1v) is 7.92. The highest BCUT2D eigenvalue weighted by atomic mass is 35.5. The zero-order valence-corrected chi connectivity index (χ0v) is 13.3. The van der Waals surface area contributed by atoms with Gasteiger partial charge in [-0.1, -0.05) is 23.2 Å². The van der Waals surface area contributed by atoms with Crippen LogP contribution in [0, 0.1) is 0 Å². The summed E-state index contributed by atoms with van der Waals surface area (Å²) in [6, 6.07) is 0.821. The van der Waals surface area contributed by atoms with Crippen LogP contribution in [0.1, 0.15) is 5.56 Å². The van der Waals surface area contributed by atoms with Gasteiger partial charge in [0.05, 0.1) is 27.5 Å². The molecule has 0 atom stereocenters. The number of benzene rings is 1. The van der Waals surface area contributed by atoms with Crippen LogP contribution in [0.2, 0.25) is 10.0 Å². The lowest BCUT2D eigenvalue weighted by Crippen LogP contribution is -2.23. The summed E-state index contributed by atoms with van der Waals surface area (Å²) in [6.45, 7) is 0. The molecule has 0 fully saturated rings. The van der Waals surface area contributed by atoms with Gasteiger partial charge in [0.25, 0.3) is 9.84 Å². The third-order valence-electron chi connectivity index (χ3n) is 2.82. The predicted octanol–water partition coefficient (Wildman–Crippen LogP) is 4.70. The standard InChI is InChI=1S/C11H4Cl2F6N2O2S/c12-5-1-4(10(14,15)16)2-6(13)8(5)9-7(3-20-21-9)24(22,23)11(17,18)19/h1-3H,(H,20,21). The predicted molar refractivity (Wildman–Crippen MR) is 72.3 cm³/mol. The number of sulfone groups is 1. The van der Waals surface area contributed by atoms with Crippen molar-refractivity contribution < 1.29 is 34.8 Å². The largest absolute Gasteiger partial charge is 0.502 e. The van der Waals surface area contributed by atoms with Crippen molar-refractivity contribution in [1.29, 1.82) is 0 Å². The Hall–Kier alpha value is -1.46. The number of hydrogen-bond donors (Lipinski definition) is 1. The van der Waals surface area contributed by atoms with Crippen LogP contribution in [0.5, 0.6) is 0 Å². The average Bonchev–Trinajstić information content (AvgIpc) is 2.85. The Morgan fingerprint density at radius 2 is 1.50 bits per heavy atom. The monoisotopic (exact) mass is 412 g/mol. The van der Waals surface area contributed by atoms with Crippen LogP contribution in [0.3, 0.4) is 0 Å². The van der Waals surface area contributed by atoms with Crippen LogP contribution in [0.4, 0.5) is 26.3 Å². The van der Waals surface area contributed by atoms with Gasteiger partial charge in [0.2, 0.25) is 0 Å². The van der Waals surface area contributed by atoms with Crippen molar-refractivity contribution in [3.05, 3.63) is 33.9 Å². The molecule has 0 bridgehead atoms. The number of nitrogens with zero attached hydrogens (tertiary/aromatic N) is 1. The van der Waals surface area contributed by atoms with Gasteiger partial charge in [0, 0.05) is 5.56 Å². The summed E-state index contributed by atoms with van der Waals surface area (Å²) in [5.74, 6) is 0. The first kappa shape index (κ1) is 18.9. The maximum Gasteiger partial charge on any atom is 0.502 e. The molecule has 2 aromatic rings. The zero-order chi connectivity index (χ0) is 18.5. The van der Waals surface area contributed by atoms with Gasteiger partial charge in [-0.15, -0.1) is 0 Å². The average molecular weight is 413 g/mol. The Balaban J connectivity index is 2.72. The molecule has 1 aromatic heterocycles. The minimum absolute atomic E-state index is 0.364. The van der Waals surface area contributed by atoms with E-state index in [9.17, 15) is 34.8 Å². The number of aromatic amines is 1. The van der Waals surface area contributed by atoms with E-state index >= 15 is 0 Å². The van der Waals surface area contributed by atoms with Crippen molar-refractivity contribution in [2.75, 3.05) is 0 Å². The Labute approximate surface area is 140 Å². The molecule has 0 spiro atoms. The topological polar surface area (TPSA) is 62.8 Å². The molecule has 132 valence electrons. The van der Waals surface area contributed by atoms with Crippen molar-refractivity contribution in [1.82, 2.24) is 10.2 Å². The molecule has 1 aromatic carbocycles. The van der Waals surface area contributed by atoms with Crippen molar-refractivity contribution in [2.24, 2.45) is 0 Å². The molecule has 1 N–H and O–H groups in total. The van der Waals surface area contributed by atoms with Gasteiger partial charge in [0.15, 0.2) is 0 Å². The maximum atomic E-state index is 12.7. The van der Waals surface area contributed by atoms with E-state index in [1.54, 1.807) is 0 Å². The lowest BCUT2D eigenvalue weighted by atomic mass is 10.1. The van der Waals surface area contributed by atoms with E-state index in [4.69, 9.17) is 23.2 Å². The number of H-pyrrole nitrogens is 1. The van der Waals surface area contributed by atoms with E-state index in [1.807, 2.05) is 5.10 Å². The molecule has 0 saturated carbocycles.